The number of carbonyl (C=O) groups excluding carboxylic acids is 1. The van der Waals surface area contributed by atoms with Crippen LogP contribution < -0.4 is 11.1 Å². The van der Waals surface area contributed by atoms with Gasteiger partial charge in [0.15, 0.2) is 0 Å². The lowest BCUT2D eigenvalue weighted by molar-refractivity contribution is 0.102. The van der Waals surface area contributed by atoms with Crippen LogP contribution in [0.15, 0.2) is 18.2 Å². The number of benzene rings is 1. The van der Waals surface area contributed by atoms with E-state index < -0.39 is 0 Å². The molecule has 21 heavy (non-hydrogen) atoms. The number of H-pyrrole nitrogens is 1. The number of aryl methyl sites for hydroxylation is 3. The van der Waals surface area contributed by atoms with E-state index in [4.69, 9.17) is 5.73 Å². The van der Waals surface area contributed by atoms with E-state index in [-0.39, 0.29) is 5.91 Å². The summed E-state index contributed by atoms with van der Waals surface area (Å²) in [6.07, 6.45) is 0. The summed E-state index contributed by atoms with van der Waals surface area (Å²) < 4.78 is 0. The third kappa shape index (κ3) is 3.30. The predicted octanol–water partition coefficient (Wildman–Crippen LogP) is 1.90. The number of nitrogens with zero attached hydrogens (tertiary/aromatic N) is 1. The number of amides is 1. The van der Waals surface area contributed by atoms with Gasteiger partial charge in [0.05, 0.1) is 23.6 Å². The summed E-state index contributed by atoms with van der Waals surface area (Å²) in [7, 11) is 0. The highest BCUT2D eigenvalue weighted by atomic mass is 16.1. The molecule has 0 aliphatic rings. The molecule has 2 aromatic rings. The number of aromatic amines is 1. The fourth-order valence-corrected chi connectivity index (χ4v) is 2.01. The Morgan fingerprint density at radius 3 is 2.76 bits per heavy atom. The van der Waals surface area contributed by atoms with Crippen molar-refractivity contribution in [3.8, 4) is 11.8 Å². The molecule has 0 spiro atoms. The molecule has 4 N–H and O–H groups in total. The second-order valence-corrected chi connectivity index (χ2v) is 4.80. The van der Waals surface area contributed by atoms with Crippen LogP contribution in [0.1, 0.15) is 32.9 Å². The summed E-state index contributed by atoms with van der Waals surface area (Å²) in [6, 6.07) is 5.53. The van der Waals surface area contributed by atoms with Crippen LogP contribution in [0, 0.1) is 32.6 Å². The van der Waals surface area contributed by atoms with E-state index in [0.717, 1.165) is 28.2 Å². The summed E-state index contributed by atoms with van der Waals surface area (Å²) in [5.74, 6) is 5.55. The van der Waals surface area contributed by atoms with Gasteiger partial charge in [-0.05, 0) is 38.5 Å². The van der Waals surface area contributed by atoms with Gasteiger partial charge in [0, 0.05) is 11.1 Å². The van der Waals surface area contributed by atoms with E-state index in [0.29, 0.717) is 12.1 Å². The zero-order chi connectivity index (χ0) is 15.4. The molecule has 0 saturated carbocycles. The first kappa shape index (κ1) is 14.8. The third-order valence-electron chi connectivity index (χ3n) is 3.18. The van der Waals surface area contributed by atoms with Gasteiger partial charge >= 0.3 is 0 Å². The lowest BCUT2D eigenvalue weighted by atomic mass is 10.0. The van der Waals surface area contributed by atoms with Crippen molar-refractivity contribution < 1.29 is 4.79 Å². The SMILES string of the molecule is Cc1ccc(C#CCN)cc1C(=O)Nc1c(C)n[nH]c1C. The maximum atomic E-state index is 12.4. The minimum Gasteiger partial charge on any atom is -0.320 e. The van der Waals surface area contributed by atoms with Crippen molar-refractivity contribution in [1.82, 2.24) is 10.2 Å². The van der Waals surface area contributed by atoms with Gasteiger partial charge in [-0.1, -0.05) is 17.9 Å². The Kier molecular flexibility index (Phi) is 4.41. The summed E-state index contributed by atoms with van der Waals surface area (Å²) >= 11 is 0. The highest BCUT2D eigenvalue weighted by Crippen LogP contribution is 2.19. The van der Waals surface area contributed by atoms with Crippen LogP contribution in [0.5, 0.6) is 0 Å². The van der Waals surface area contributed by atoms with E-state index in [2.05, 4.69) is 27.4 Å². The van der Waals surface area contributed by atoms with Crippen LogP contribution >= 0.6 is 0 Å². The Bertz CT molecular complexity index is 715. The Balaban J connectivity index is 2.30. The molecule has 108 valence electrons. The molecule has 0 radical (unpaired) electrons. The first-order valence-electron chi connectivity index (χ1n) is 6.65. The van der Waals surface area contributed by atoms with Crippen LogP contribution in [0.4, 0.5) is 5.69 Å². The molecule has 2 rings (SSSR count). The Morgan fingerprint density at radius 1 is 1.38 bits per heavy atom. The number of anilines is 1. The van der Waals surface area contributed by atoms with Crippen LogP contribution in [-0.2, 0) is 0 Å². The number of hydrogen-bond donors (Lipinski definition) is 3. The van der Waals surface area contributed by atoms with Crippen molar-refractivity contribution >= 4 is 11.6 Å². The summed E-state index contributed by atoms with van der Waals surface area (Å²) in [5, 5.41) is 9.81. The van der Waals surface area contributed by atoms with Gasteiger partial charge in [-0.15, -0.1) is 0 Å². The quantitative estimate of drug-likeness (QED) is 0.736. The molecule has 0 aliphatic carbocycles. The van der Waals surface area contributed by atoms with E-state index in [1.807, 2.05) is 32.9 Å². The molecule has 1 heterocycles. The molecule has 0 aliphatic heterocycles. The molecular formula is C16H18N4O. The molecule has 0 bridgehead atoms. The molecule has 5 nitrogen and oxygen atoms in total. The highest BCUT2D eigenvalue weighted by Gasteiger charge is 2.14. The number of nitrogens with one attached hydrogen (secondary N) is 2. The average Bonchev–Trinajstić information content (AvgIpc) is 2.78. The number of carbonyl (C=O) groups is 1. The molecule has 1 aromatic heterocycles. The van der Waals surface area contributed by atoms with Crippen molar-refractivity contribution in [2.75, 3.05) is 11.9 Å². The van der Waals surface area contributed by atoms with Crippen molar-refractivity contribution in [2.45, 2.75) is 20.8 Å². The smallest absolute Gasteiger partial charge is 0.256 e. The van der Waals surface area contributed by atoms with Gasteiger partial charge < -0.3 is 11.1 Å². The van der Waals surface area contributed by atoms with Crippen LogP contribution in [0.3, 0.4) is 0 Å². The first-order chi connectivity index (χ1) is 10.0. The second-order valence-electron chi connectivity index (χ2n) is 4.80. The van der Waals surface area contributed by atoms with E-state index in [1.54, 1.807) is 6.07 Å². The van der Waals surface area contributed by atoms with E-state index in [1.165, 1.54) is 0 Å². The molecule has 1 aromatic carbocycles. The Hall–Kier alpha value is -2.58. The van der Waals surface area contributed by atoms with Gasteiger partial charge in [-0.2, -0.15) is 5.10 Å². The standard InChI is InChI=1S/C16H18N4O/c1-10-6-7-13(5-4-8-17)9-14(10)16(21)18-15-11(2)19-20-12(15)3/h6-7,9H,8,17H2,1-3H3,(H,18,21)(H,19,20). The minimum atomic E-state index is -0.170. The number of hydrogen-bond acceptors (Lipinski definition) is 3. The average molecular weight is 282 g/mol. The zero-order valence-corrected chi connectivity index (χ0v) is 12.4. The third-order valence-corrected chi connectivity index (χ3v) is 3.18. The van der Waals surface area contributed by atoms with Gasteiger partial charge in [-0.25, -0.2) is 0 Å². The van der Waals surface area contributed by atoms with Gasteiger partial charge in [0.25, 0.3) is 5.91 Å². The predicted molar refractivity (Wildman–Crippen MR) is 83.1 cm³/mol. The van der Waals surface area contributed by atoms with Crippen molar-refractivity contribution in [2.24, 2.45) is 5.73 Å². The van der Waals surface area contributed by atoms with Crippen LogP contribution in [0.2, 0.25) is 0 Å². The number of aromatic nitrogens is 2. The van der Waals surface area contributed by atoms with Gasteiger partial charge in [0.1, 0.15) is 0 Å². The largest absolute Gasteiger partial charge is 0.320 e. The minimum absolute atomic E-state index is 0.170. The monoisotopic (exact) mass is 282 g/mol. The fraction of sp³-hybridized carbons (Fsp3) is 0.250. The molecule has 0 atom stereocenters. The second kappa shape index (κ2) is 6.25. The summed E-state index contributed by atoms with van der Waals surface area (Å²) in [5.41, 5.74) is 9.94. The fourth-order valence-electron chi connectivity index (χ4n) is 2.01. The van der Waals surface area contributed by atoms with Crippen LogP contribution in [0.25, 0.3) is 0 Å². The number of nitrogens with two attached hydrogens (primary N) is 1. The summed E-state index contributed by atoms with van der Waals surface area (Å²) in [6.45, 7) is 5.90. The van der Waals surface area contributed by atoms with Gasteiger partial charge in [0.2, 0.25) is 0 Å². The van der Waals surface area contributed by atoms with Gasteiger partial charge in [-0.3, -0.25) is 9.89 Å². The number of rotatable bonds is 2. The summed E-state index contributed by atoms with van der Waals surface area (Å²) in [4.78, 5) is 12.4. The van der Waals surface area contributed by atoms with Crippen molar-refractivity contribution in [3.05, 3.63) is 46.3 Å². The first-order valence-corrected chi connectivity index (χ1v) is 6.65. The normalized spacial score (nSPS) is 9.90. The topological polar surface area (TPSA) is 83.8 Å². The Morgan fingerprint density at radius 2 is 2.14 bits per heavy atom. The molecule has 1 amide bonds. The van der Waals surface area contributed by atoms with Crippen molar-refractivity contribution in [1.29, 1.82) is 0 Å². The van der Waals surface area contributed by atoms with Crippen LogP contribution in [-0.4, -0.2) is 22.6 Å². The molecule has 5 heteroatoms. The van der Waals surface area contributed by atoms with Crippen molar-refractivity contribution in [3.63, 3.8) is 0 Å². The zero-order valence-electron chi connectivity index (χ0n) is 12.4. The molecule has 0 fully saturated rings. The maximum Gasteiger partial charge on any atom is 0.256 e. The lowest BCUT2D eigenvalue weighted by Crippen LogP contribution is -2.14. The maximum absolute atomic E-state index is 12.4. The van der Waals surface area contributed by atoms with E-state index in [9.17, 15) is 4.79 Å². The lowest BCUT2D eigenvalue weighted by Gasteiger charge is -2.08. The molecule has 0 saturated heterocycles. The van der Waals surface area contributed by atoms with E-state index >= 15 is 0 Å². The Labute approximate surface area is 123 Å². The highest BCUT2D eigenvalue weighted by molar-refractivity contribution is 6.06. The molecular weight excluding hydrogens is 264 g/mol. The molecule has 0 unspecified atom stereocenters.